The summed E-state index contributed by atoms with van der Waals surface area (Å²) in [6.07, 6.45) is 1.34. The fraction of sp³-hybridized carbons (Fsp3) is 0.0769. The Morgan fingerprint density at radius 3 is 2.49 bits per heavy atom. The lowest BCUT2D eigenvalue weighted by atomic mass is 10.0. The smallest absolute Gasteiger partial charge is 0.335 e. The first-order chi connectivity index (χ1) is 17.6. The molecule has 4 rings (SSSR count). The fourth-order valence-electron chi connectivity index (χ4n) is 3.61. The molecule has 0 aromatic heterocycles. The number of anilines is 1. The standard InChI is InChI=1S/C26H17Br2ClN2O6/c1-13-20(29)3-2-4-21(13)31-24(33)18(23(32)30-26(31)36)10-16-9-17(27)11-19(28)22(16)37-12-14-5-7-15(8-6-14)25(34)35/h2-11H,12H2,1H3,(H,34,35)(H,30,32,36)/b18-10+. The van der Waals surface area contributed by atoms with Crippen LogP contribution >= 0.6 is 43.5 Å². The molecule has 0 radical (unpaired) electrons. The molecule has 3 aromatic carbocycles. The summed E-state index contributed by atoms with van der Waals surface area (Å²) in [5.74, 6) is -2.36. The molecule has 0 aliphatic carbocycles. The van der Waals surface area contributed by atoms with Gasteiger partial charge in [0.05, 0.1) is 15.7 Å². The number of carbonyl (C=O) groups excluding carboxylic acids is 3. The maximum Gasteiger partial charge on any atom is 0.335 e. The summed E-state index contributed by atoms with van der Waals surface area (Å²) in [6.45, 7) is 1.75. The number of ether oxygens (including phenoxy) is 1. The van der Waals surface area contributed by atoms with Crippen molar-refractivity contribution >= 4 is 79.0 Å². The van der Waals surface area contributed by atoms with Crippen LogP contribution in [-0.4, -0.2) is 28.9 Å². The Morgan fingerprint density at radius 2 is 1.81 bits per heavy atom. The molecule has 188 valence electrons. The summed E-state index contributed by atoms with van der Waals surface area (Å²) in [4.78, 5) is 50.6. The summed E-state index contributed by atoms with van der Waals surface area (Å²) in [5, 5.41) is 11.6. The molecule has 3 aromatic rings. The van der Waals surface area contributed by atoms with E-state index in [1.54, 1.807) is 49.4 Å². The zero-order chi connectivity index (χ0) is 26.9. The van der Waals surface area contributed by atoms with Gasteiger partial charge in [-0.25, -0.2) is 14.5 Å². The monoisotopic (exact) mass is 646 g/mol. The number of carboxylic acids is 1. The third-order valence-electron chi connectivity index (χ3n) is 5.50. The second-order valence-corrected chi connectivity index (χ2v) is 10.1. The summed E-state index contributed by atoms with van der Waals surface area (Å²) in [6, 6.07) is 13.5. The second kappa shape index (κ2) is 10.9. The molecule has 1 aliphatic heterocycles. The van der Waals surface area contributed by atoms with Gasteiger partial charge in [-0.15, -0.1) is 0 Å². The van der Waals surface area contributed by atoms with Crippen LogP contribution < -0.4 is 15.0 Å². The van der Waals surface area contributed by atoms with Gasteiger partial charge in [0.1, 0.15) is 17.9 Å². The zero-order valence-electron chi connectivity index (χ0n) is 19.1. The molecule has 0 spiro atoms. The van der Waals surface area contributed by atoms with Crippen LogP contribution in [0.25, 0.3) is 6.08 Å². The topological polar surface area (TPSA) is 113 Å². The van der Waals surface area contributed by atoms with E-state index in [0.29, 0.717) is 36.4 Å². The van der Waals surface area contributed by atoms with Crippen LogP contribution in [0.2, 0.25) is 5.02 Å². The third kappa shape index (κ3) is 5.61. The molecule has 0 unspecified atom stereocenters. The number of barbiturate groups is 1. The van der Waals surface area contributed by atoms with E-state index >= 15 is 0 Å². The SMILES string of the molecule is Cc1c(Cl)cccc1N1C(=O)NC(=O)/C(=C\c2cc(Br)cc(Br)c2OCc2ccc(C(=O)O)cc2)C1=O. The fourth-order valence-corrected chi connectivity index (χ4v) is 5.15. The van der Waals surface area contributed by atoms with Crippen molar-refractivity contribution in [3.8, 4) is 5.75 Å². The number of hydrogen-bond donors (Lipinski definition) is 2. The number of imide groups is 2. The van der Waals surface area contributed by atoms with Crippen LogP contribution in [-0.2, 0) is 16.2 Å². The van der Waals surface area contributed by atoms with Crippen LogP contribution in [0.5, 0.6) is 5.75 Å². The molecular formula is C26H17Br2ClN2O6. The zero-order valence-corrected chi connectivity index (χ0v) is 23.0. The van der Waals surface area contributed by atoms with Crippen molar-refractivity contribution in [2.24, 2.45) is 0 Å². The molecule has 37 heavy (non-hydrogen) atoms. The minimum atomic E-state index is -1.03. The minimum absolute atomic E-state index is 0.0861. The molecule has 0 bridgehead atoms. The molecule has 2 N–H and O–H groups in total. The quantitative estimate of drug-likeness (QED) is 0.246. The highest BCUT2D eigenvalue weighted by atomic mass is 79.9. The van der Waals surface area contributed by atoms with E-state index in [1.165, 1.54) is 18.2 Å². The van der Waals surface area contributed by atoms with Gasteiger partial charge in [-0.05, 0) is 76.5 Å². The summed E-state index contributed by atoms with van der Waals surface area (Å²) in [7, 11) is 0. The van der Waals surface area contributed by atoms with Gasteiger partial charge in [0.15, 0.2) is 0 Å². The van der Waals surface area contributed by atoms with Crippen molar-refractivity contribution in [1.82, 2.24) is 5.32 Å². The first-order valence-electron chi connectivity index (χ1n) is 10.7. The van der Waals surface area contributed by atoms with Gasteiger partial charge < -0.3 is 9.84 Å². The number of urea groups is 1. The van der Waals surface area contributed by atoms with E-state index in [-0.39, 0.29) is 23.4 Å². The number of halogens is 3. The van der Waals surface area contributed by atoms with E-state index in [4.69, 9.17) is 21.4 Å². The highest BCUT2D eigenvalue weighted by molar-refractivity contribution is 9.11. The van der Waals surface area contributed by atoms with E-state index in [9.17, 15) is 19.2 Å². The average Bonchev–Trinajstić information content (AvgIpc) is 2.84. The molecule has 4 amide bonds. The van der Waals surface area contributed by atoms with Gasteiger partial charge >= 0.3 is 12.0 Å². The number of benzene rings is 3. The second-order valence-electron chi connectivity index (χ2n) is 7.94. The molecule has 11 heteroatoms. The van der Waals surface area contributed by atoms with E-state index < -0.39 is 23.8 Å². The Bertz CT molecular complexity index is 1490. The Labute approximate surface area is 233 Å². The maximum absolute atomic E-state index is 13.4. The van der Waals surface area contributed by atoms with Crippen molar-refractivity contribution in [3.05, 3.63) is 96.4 Å². The molecule has 1 aliphatic rings. The van der Waals surface area contributed by atoms with Gasteiger partial charge in [0.2, 0.25) is 0 Å². The van der Waals surface area contributed by atoms with Gasteiger partial charge in [0, 0.05) is 15.1 Å². The lowest BCUT2D eigenvalue weighted by Crippen LogP contribution is -2.54. The van der Waals surface area contributed by atoms with E-state index in [2.05, 4.69) is 37.2 Å². The van der Waals surface area contributed by atoms with Crippen molar-refractivity contribution in [2.45, 2.75) is 13.5 Å². The minimum Gasteiger partial charge on any atom is -0.487 e. The van der Waals surface area contributed by atoms with Crippen molar-refractivity contribution in [1.29, 1.82) is 0 Å². The first-order valence-corrected chi connectivity index (χ1v) is 12.6. The van der Waals surface area contributed by atoms with Gasteiger partial charge in [-0.2, -0.15) is 0 Å². The number of carboxylic acid groups (broad SMARTS) is 1. The Balaban J connectivity index is 1.70. The van der Waals surface area contributed by atoms with Crippen molar-refractivity contribution in [2.75, 3.05) is 4.90 Å². The van der Waals surface area contributed by atoms with Gasteiger partial charge in [0.25, 0.3) is 11.8 Å². The lowest BCUT2D eigenvalue weighted by molar-refractivity contribution is -0.122. The van der Waals surface area contributed by atoms with E-state index in [0.717, 1.165) is 4.90 Å². The summed E-state index contributed by atoms with van der Waals surface area (Å²) < 4.78 is 7.17. The van der Waals surface area contributed by atoms with Crippen molar-refractivity contribution in [3.63, 3.8) is 0 Å². The molecule has 1 fully saturated rings. The molecular weight excluding hydrogens is 632 g/mol. The number of aromatic carboxylic acids is 1. The molecule has 8 nitrogen and oxygen atoms in total. The predicted molar refractivity (Wildman–Crippen MR) is 145 cm³/mol. The number of nitrogens with zero attached hydrogens (tertiary/aromatic N) is 1. The highest BCUT2D eigenvalue weighted by Gasteiger charge is 2.38. The molecule has 1 saturated heterocycles. The molecule has 0 atom stereocenters. The van der Waals surface area contributed by atoms with Crippen LogP contribution in [0.1, 0.15) is 27.0 Å². The van der Waals surface area contributed by atoms with Crippen LogP contribution in [0.4, 0.5) is 10.5 Å². The van der Waals surface area contributed by atoms with Gasteiger partial charge in [-0.1, -0.05) is 45.7 Å². The number of nitrogens with one attached hydrogen (secondary N) is 1. The number of rotatable bonds is 6. The van der Waals surface area contributed by atoms with Gasteiger partial charge in [-0.3, -0.25) is 14.9 Å². The predicted octanol–water partition coefficient (Wildman–Crippen LogP) is 6.12. The lowest BCUT2D eigenvalue weighted by Gasteiger charge is -2.28. The Kier molecular flexibility index (Phi) is 7.82. The van der Waals surface area contributed by atoms with Crippen LogP contribution in [0.3, 0.4) is 0 Å². The average molecular weight is 649 g/mol. The maximum atomic E-state index is 13.4. The summed E-state index contributed by atoms with van der Waals surface area (Å²) >= 11 is 13.0. The number of carbonyl (C=O) groups is 4. The summed E-state index contributed by atoms with van der Waals surface area (Å²) in [5.41, 5.74) is 1.72. The highest BCUT2D eigenvalue weighted by Crippen LogP contribution is 2.36. The first kappa shape index (κ1) is 26.6. The van der Waals surface area contributed by atoms with Crippen LogP contribution in [0, 0.1) is 6.92 Å². The van der Waals surface area contributed by atoms with Crippen molar-refractivity contribution < 1.29 is 29.0 Å². The normalized spacial score (nSPS) is 14.6. The van der Waals surface area contributed by atoms with Crippen LogP contribution in [0.15, 0.2) is 69.1 Å². The number of amides is 4. The molecule has 0 saturated carbocycles. The Hall–Kier alpha value is -3.47. The largest absolute Gasteiger partial charge is 0.487 e. The molecule has 1 heterocycles. The third-order valence-corrected chi connectivity index (χ3v) is 6.96. The van der Waals surface area contributed by atoms with E-state index in [1.807, 2.05) is 0 Å². The Morgan fingerprint density at radius 1 is 1.11 bits per heavy atom. The number of hydrogen-bond acceptors (Lipinski definition) is 5.